The Morgan fingerprint density at radius 1 is 1.09 bits per heavy atom. The summed E-state index contributed by atoms with van der Waals surface area (Å²) in [6.07, 6.45) is 0. The molecule has 0 saturated heterocycles. The van der Waals surface area contributed by atoms with Gasteiger partial charge in [-0.15, -0.1) is 0 Å². The summed E-state index contributed by atoms with van der Waals surface area (Å²) in [4.78, 5) is 15.3. The number of hydrogen-bond acceptors (Lipinski definition) is 3. The van der Waals surface area contributed by atoms with Gasteiger partial charge >= 0.3 is 6.03 Å². The largest absolute Gasteiger partial charge is 0.350 e. The molecule has 0 aliphatic carbocycles. The molecule has 2 rings (SSSR count). The lowest BCUT2D eigenvalue weighted by Gasteiger charge is -2.09. The van der Waals surface area contributed by atoms with Crippen molar-refractivity contribution in [3.8, 4) is 0 Å². The van der Waals surface area contributed by atoms with E-state index in [4.69, 9.17) is 17.3 Å². The van der Waals surface area contributed by atoms with Crippen molar-refractivity contribution >= 4 is 40.2 Å². The first-order valence-electron chi connectivity index (χ1n) is 6.46. The van der Waals surface area contributed by atoms with Gasteiger partial charge in [-0.05, 0) is 29.8 Å². The minimum Gasteiger partial charge on any atom is -0.350 e. The number of amidine groups is 1. The molecule has 0 saturated carbocycles. The summed E-state index contributed by atoms with van der Waals surface area (Å²) in [5.74, 6) is 0.709. The lowest BCUT2D eigenvalue weighted by molar-refractivity contribution is 0.247. The van der Waals surface area contributed by atoms with Crippen molar-refractivity contribution in [1.29, 1.82) is 0 Å². The summed E-state index contributed by atoms with van der Waals surface area (Å²) in [7, 11) is 0. The van der Waals surface area contributed by atoms with E-state index in [2.05, 4.69) is 15.8 Å². The molecule has 0 fully saturated rings. The Morgan fingerprint density at radius 3 is 2.41 bits per heavy atom. The molecule has 0 aromatic heterocycles. The zero-order valence-corrected chi connectivity index (χ0v) is 13.2. The molecule has 0 aliphatic heterocycles. The SMILES string of the molecule is NC(=O)NNC(=Nc1ccc(Cl)cc1)SCc1ccccc1. The number of carbonyl (C=O) groups excluding carboxylic acids is 1. The van der Waals surface area contributed by atoms with Crippen LogP contribution in [-0.2, 0) is 5.75 Å². The van der Waals surface area contributed by atoms with Crippen LogP contribution >= 0.6 is 23.4 Å². The van der Waals surface area contributed by atoms with Crippen LogP contribution in [0.4, 0.5) is 10.5 Å². The van der Waals surface area contributed by atoms with Gasteiger partial charge in [0, 0.05) is 10.8 Å². The fourth-order valence-electron chi connectivity index (χ4n) is 1.57. The zero-order chi connectivity index (χ0) is 15.8. The van der Waals surface area contributed by atoms with E-state index in [1.54, 1.807) is 24.3 Å². The number of urea groups is 1. The number of carbonyl (C=O) groups is 1. The van der Waals surface area contributed by atoms with Crippen LogP contribution in [0.3, 0.4) is 0 Å². The molecule has 0 spiro atoms. The summed E-state index contributed by atoms with van der Waals surface area (Å²) < 4.78 is 0. The lowest BCUT2D eigenvalue weighted by Crippen LogP contribution is -2.43. The first-order valence-corrected chi connectivity index (χ1v) is 7.82. The molecule has 2 aromatic rings. The number of primary amides is 1. The Labute approximate surface area is 137 Å². The van der Waals surface area contributed by atoms with Crippen LogP contribution in [0.2, 0.25) is 5.02 Å². The van der Waals surface area contributed by atoms with E-state index < -0.39 is 6.03 Å². The van der Waals surface area contributed by atoms with E-state index in [-0.39, 0.29) is 0 Å². The Balaban J connectivity index is 2.07. The minimum atomic E-state index is -0.677. The fraction of sp³-hybridized carbons (Fsp3) is 0.0667. The van der Waals surface area contributed by atoms with Crippen molar-refractivity contribution < 1.29 is 4.79 Å². The zero-order valence-electron chi connectivity index (χ0n) is 11.6. The van der Waals surface area contributed by atoms with Crippen molar-refractivity contribution in [2.45, 2.75) is 5.75 Å². The Kier molecular flexibility index (Phi) is 6.12. The van der Waals surface area contributed by atoms with Crippen LogP contribution in [-0.4, -0.2) is 11.2 Å². The number of aliphatic imine (C=N–C) groups is 1. The summed E-state index contributed by atoms with van der Waals surface area (Å²) in [6, 6.07) is 16.4. The molecule has 114 valence electrons. The van der Waals surface area contributed by atoms with Gasteiger partial charge in [-0.25, -0.2) is 9.79 Å². The Morgan fingerprint density at radius 2 is 1.77 bits per heavy atom. The summed E-state index contributed by atoms with van der Waals surface area (Å²) >= 11 is 7.30. The number of amides is 2. The lowest BCUT2D eigenvalue weighted by atomic mass is 10.2. The normalized spacial score (nSPS) is 11.0. The highest BCUT2D eigenvalue weighted by Crippen LogP contribution is 2.19. The molecule has 0 unspecified atom stereocenters. The Hall–Kier alpha value is -2.18. The number of nitrogens with one attached hydrogen (secondary N) is 2. The smallest absolute Gasteiger partial charge is 0.330 e. The van der Waals surface area contributed by atoms with Crippen LogP contribution < -0.4 is 16.6 Å². The summed E-state index contributed by atoms with van der Waals surface area (Å²) in [5, 5.41) is 1.17. The van der Waals surface area contributed by atoms with E-state index in [1.165, 1.54) is 11.8 Å². The number of hydrazine groups is 1. The number of thioether (sulfide) groups is 1. The topological polar surface area (TPSA) is 79.5 Å². The molecular formula is C15H15ClN4OS. The van der Waals surface area contributed by atoms with Crippen LogP contribution in [0, 0.1) is 0 Å². The van der Waals surface area contributed by atoms with Gasteiger partial charge in [0.25, 0.3) is 0 Å². The summed E-state index contributed by atoms with van der Waals surface area (Å²) in [5.41, 5.74) is 12.0. The number of hydrogen-bond donors (Lipinski definition) is 3. The molecule has 22 heavy (non-hydrogen) atoms. The first-order chi connectivity index (χ1) is 10.6. The number of benzene rings is 2. The second-order valence-electron chi connectivity index (χ2n) is 4.28. The van der Waals surface area contributed by atoms with Crippen molar-refractivity contribution in [1.82, 2.24) is 10.9 Å². The molecule has 2 aromatic carbocycles. The molecule has 0 bridgehead atoms. The van der Waals surface area contributed by atoms with E-state index in [0.29, 0.717) is 15.9 Å². The van der Waals surface area contributed by atoms with Gasteiger partial charge in [0.1, 0.15) is 0 Å². The van der Waals surface area contributed by atoms with E-state index in [0.717, 1.165) is 11.3 Å². The predicted molar refractivity (Wildman–Crippen MR) is 92.1 cm³/mol. The standard InChI is InChI=1S/C15H15ClN4OS/c16-12-6-8-13(9-7-12)18-15(20-19-14(17)21)22-10-11-4-2-1-3-5-11/h1-9H,10H2,(H,18,20)(H3,17,19,21). The maximum Gasteiger partial charge on any atom is 0.330 e. The third kappa shape index (κ3) is 5.67. The van der Waals surface area contributed by atoms with Crippen molar-refractivity contribution in [2.24, 2.45) is 10.7 Å². The highest BCUT2D eigenvalue weighted by Gasteiger charge is 2.03. The van der Waals surface area contributed by atoms with Crippen molar-refractivity contribution in [2.75, 3.05) is 0 Å². The van der Waals surface area contributed by atoms with Crippen LogP contribution in [0.25, 0.3) is 0 Å². The fourth-order valence-corrected chi connectivity index (χ4v) is 2.49. The molecule has 0 atom stereocenters. The average molecular weight is 335 g/mol. The molecule has 0 radical (unpaired) electrons. The molecule has 0 aliphatic rings. The van der Waals surface area contributed by atoms with Crippen molar-refractivity contribution in [3.63, 3.8) is 0 Å². The minimum absolute atomic E-state index is 0.532. The van der Waals surface area contributed by atoms with Crippen LogP contribution in [0.1, 0.15) is 5.56 Å². The molecular weight excluding hydrogens is 320 g/mol. The van der Waals surface area contributed by atoms with Crippen molar-refractivity contribution in [3.05, 3.63) is 65.2 Å². The van der Waals surface area contributed by atoms with Gasteiger partial charge < -0.3 is 5.73 Å². The molecule has 0 heterocycles. The number of nitrogens with two attached hydrogens (primary N) is 1. The predicted octanol–water partition coefficient (Wildman–Crippen LogP) is 3.43. The highest BCUT2D eigenvalue weighted by molar-refractivity contribution is 8.13. The number of nitrogens with zero attached hydrogens (tertiary/aromatic N) is 1. The van der Waals surface area contributed by atoms with Gasteiger partial charge in [0.2, 0.25) is 0 Å². The van der Waals surface area contributed by atoms with E-state index >= 15 is 0 Å². The van der Waals surface area contributed by atoms with E-state index in [9.17, 15) is 4.79 Å². The maximum absolute atomic E-state index is 10.8. The van der Waals surface area contributed by atoms with Gasteiger partial charge in [0.05, 0.1) is 5.69 Å². The molecule has 5 nitrogen and oxygen atoms in total. The second-order valence-corrected chi connectivity index (χ2v) is 5.68. The van der Waals surface area contributed by atoms with Gasteiger partial charge in [-0.2, -0.15) is 0 Å². The van der Waals surface area contributed by atoms with Gasteiger partial charge in [-0.3, -0.25) is 10.9 Å². The number of rotatable bonds is 3. The Bertz CT molecular complexity index is 646. The summed E-state index contributed by atoms with van der Waals surface area (Å²) in [6.45, 7) is 0. The highest BCUT2D eigenvalue weighted by atomic mass is 35.5. The van der Waals surface area contributed by atoms with Crippen LogP contribution in [0.5, 0.6) is 0 Å². The quantitative estimate of drug-likeness (QED) is 0.457. The van der Waals surface area contributed by atoms with Gasteiger partial charge in [-0.1, -0.05) is 53.7 Å². The van der Waals surface area contributed by atoms with Crippen LogP contribution in [0.15, 0.2) is 59.6 Å². The third-order valence-corrected chi connectivity index (χ3v) is 3.76. The average Bonchev–Trinajstić information content (AvgIpc) is 2.53. The van der Waals surface area contributed by atoms with Gasteiger partial charge in [0.15, 0.2) is 5.17 Å². The second kappa shape index (κ2) is 8.31. The van der Waals surface area contributed by atoms with E-state index in [1.807, 2.05) is 30.3 Å². The monoisotopic (exact) mass is 334 g/mol. The number of halogens is 1. The third-order valence-electron chi connectivity index (χ3n) is 2.57. The maximum atomic E-state index is 10.8. The molecule has 7 heteroatoms. The molecule has 4 N–H and O–H groups in total. The first kappa shape index (κ1) is 16.2. The molecule has 2 amide bonds.